The molecule has 3 atom stereocenters. The molecule has 7 nitrogen and oxygen atoms in total. The first kappa shape index (κ1) is 41.2. The zero-order chi connectivity index (χ0) is 41.4. The molecule has 6 rings (SSSR count). The van der Waals surface area contributed by atoms with Crippen LogP contribution in [0.2, 0.25) is 0 Å². The van der Waals surface area contributed by atoms with Gasteiger partial charge in [-0.1, -0.05) is 48.5 Å². The van der Waals surface area contributed by atoms with E-state index < -0.39 is 71.9 Å². The van der Waals surface area contributed by atoms with Crippen molar-refractivity contribution in [3.05, 3.63) is 142 Å². The number of halogens is 9. The van der Waals surface area contributed by atoms with Crippen molar-refractivity contribution in [1.29, 1.82) is 0 Å². The van der Waals surface area contributed by atoms with Crippen LogP contribution in [-0.2, 0) is 41.2 Å². The van der Waals surface area contributed by atoms with Crippen LogP contribution in [0.25, 0.3) is 22.3 Å². The third kappa shape index (κ3) is 9.08. The van der Waals surface area contributed by atoms with Gasteiger partial charge in [-0.15, -0.1) is 0 Å². The molecule has 1 saturated heterocycles. The first-order valence-electron chi connectivity index (χ1n) is 17.2. The van der Waals surface area contributed by atoms with Crippen LogP contribution >= 0.6 is 0 Å². The lowest BCUT2D eigenvalue weighted by Crippen LogP contribution is -2.35. The van der Waals surface area contributed by atoms with E-state index >= 15 is 0 Å². The van der Waals surface area contributed by atoms with Gasteiger partial charge in [0.05, 0.1) is 23.8 Å². The van der Waals surface area contributed by atoms with E-state index in [2.05, 4.69) is 4.98 Å². The van der Waals surface area contributed by atoms with Gasteiger partial charge in [-0.3, -0.25) is 0 Å². The molecule has 16 heteroatoms. The number of aromatic nitrogens is 1. The number of aryl methyl sites for hydroxylation is 1. The molecule has 1 unspecified atom stereocenters. The van der Waals surface area contributed by atoms with Gasteiger partial charge in [0.2, 0.25) is 6.41 Å². The van der Waals surface area contributed by atoms with Gasteiger partial charge >= 0.3 is 24.5 Å². The highest BCUT2D eigenvalue weighted by Crippen LogP contribution is 2.44. The minimum absolute atomic E-state index is 0.0261. The van der Waals surface area contributed by atoms with Crippen LogP contribution in [0.5, 0.6) is 5.75 Å². The van der Waals surface area contributed by atoms with Crippen LogP contribution in [0.1, 0.15) is 62.6 Å². The summed E-state index contributed by atoms with van der Waals surface area (Å²) in [4.78, 5) is 18.3. The fourth-order valence-corrected chi connectivity index (χ4v) is 6.64. The molecule has 0 saturated carbocycles. The van der Waals surface area contributed by atoms with Crippen LogP contribution in [0.15, 0.2) is 97.1 Å². The lowest BCUT2D eigenvalue weighted by Gasteiger charge is -2.26. The van der Waals surface area contributed by atoms with Crippen molar-refractivity contribution in [3.63, 3.8) is 0 Å². The van der Waals surface area contributed by atoms with Crippen molar-refractivity contribution in [2.75, 3.05) is 7.11 Å². The normalized spacial score (nSPS) is 17.8. The molecule has 1 aliphatic heterocycles. The Morgan fingerprint density at radius 1 is 0.772 bits per heavy atom. The Labute approximate surface area is 320 Å². The number of carbonyl (C=O) groups is 1. The van der Waals surface area contributed by atoms with Crippen LogP contribution in [0.3, 0.4) is 0 Å². The number of nitrogens with zero attached hydrogens (tertiary/aromatic N) is 2. The number of benzene rings is 4. The van der Waals surface area contributed by atoms with E-state index in [0.717, 1.165) is 22.6 Å². The molecule has 0 amide bonds. The summed E-state index contributed by atoms with van der Waals surface area (Å²) in [5.74, 6) is -0.420. The van der Waals surface area contributed by atoms with E-state index in [1.165, 1.54) is 26.2 Å². The van der Waals surface area contributed by atoms with E-state index in [1.807, 2.05) is 6.07 Å². The molecule has 0 spiro atoms. The first-order valence-corrected chi connectivity index (χ1v) is 17.2. The number of aliphatic hydroxyl groups is 1. The number of ether oxygens (including phenoxy) is 3. The number of pyridine rings is 1. The second-order valence-corrected chi connectivity index (χ2v) is 13.3. The molecule has 1 aliphatic rings. The fourth-order valence-electron chi connectivity index (χ4n) is 6.64. The van der Waals surface area contributed by atoms with E-state index in [-0.39, 0.29) is 35.2 Å². The average Bonchev–Trinajstić information content (AvgIpc) is 3.44. The minimum atomic E-state index is -5.15. The number of aliphatic hydroxyl groups excluding tert-OH is 1. The fraction of sp³-hybridized carbons (Fsp3) is 0.268. The summed E-state index contributed by atoms with van der Waals surface area (Å²) in [6.07, 6.45) is -18.6. The molecule has 2 heterocycles. The molecule has 0 radical (unpaired) electrons. The number of rotatable bonds is 9. The maximum atomic E-state index is 14.1. The number of hydrogen-bond acceptors (Lipinski definition) is 7. The predicted molar refractivity (Wildman–Crippen MR) is 188 cm³/mol. The maximum Gasteiger partial charge on any atom is 0.416 e. The summed E-state index contributed by atoms with van der Waals surface area (Å²) in [6, 6.07) is 19.7. The molecular weight excluding hydrogens is 771 g/mol. The topological polar surface area (TPSA) is 81.1 Å². The summed E-state index contributed by atoms with van der Waals surface area (Å²) in [5, 5.41) is 11.0. The second-order valence-electron chi connectivity index (χ2n) is 13.3. The van der Waals surface area contributed by atoms with Crippen molar-refractivity contribution in [2.24, 2.45) is 0 Å². The number of hydrogen-bond donors (Lipinski definition) is 1. The lowest BCUT2D eigenvalue weighted by molar-refractivity contribution is -0.154. The number of esters is 1. The average molecular weight is 805 g/mol. The molecule has 1 N–H and O–H groups in total. The molecule has 57 heavy (non-hydrogen) atoms. The van der Waals surface area contributed by atoms with Gasteiger partial charge in [0.25, 0.3) is 0 Å². The highest BCUT2D eigenvalue weighted by Gasteiger charge is 2.43. The Morgan fingerprint density at radius 3 is 2.00 bits per heavy atom. The van der Waals surface area contributed by atoms with Gasteiger partial charge in [-0.05, 0) is 90.2 Å². The van der Waals surface area contributed by atoms with Crippen molar-refractivity contribution in [1.82, 2.24) is 9.88 Å². The summed E-state index contributed by atoms with van der Waals surface area (Å²) in [7, 11) is 1.35. The van der Waals surface area contributed by atoms with Crippen molar-refractivity contribution < 1.29 is 63.6 Å². The summed E-state index contributed by atoms with van der Waals surface area (Å²) in [6.45, 7) is 2.56. The Morgan fingerprint density at radius 2 is 1.40 bits per heavy atom. The quantitative estimate of drug-likeness (QED) is 0.117. The van der Waals surface area contributed by atoms with E-state index in [9.17, 15) is 49.4 Å². The molecule has 1 aromatic heterocycles. The van der Waals surface area contributed by atoms with Gasteiger partial charge in [0, 0.05) is 29.4 Å². The Balaban J connectivity index is 1.35. The van der Waals surface area contributed by atoms with Crippen molar-refractivity contribution in [3.8, 4) is 28.0 Å². The van der Waals surface area contributed by atoms with Crippen LogP contribution in [0, 0.1) is 6.92 Å². The van der Waals surface area contributed by atoms with Gasteiger partial charge in [0.15, 0.2) is 0 Å². The standard InChI is InChI=1S/C41H33F9N2O5/c1-22-31(12-13-34(51-22)37(53)56-21-24-7-5-4-6-8-24)25-9-14-35(55-3)33(18-25)32-11-10-28(39(42,43)44)17-27(32)20-52-23(2)36(57-38(52)54)26-15-29(40(45,46)47)19-30(16-26)41(48,49)50/h4-19,23,36,38,54H,20-21H2,1-3H3/t23-,36-,38?/m0/s1. The molecular formula is C41H33F9N2O5. The summed E-state index contributed by atoms with van der Waals surface area (Å²) in [5.41, 5.74) is -1.95. The maximum absolute atomic E-state index is 14.1. The molecule has 0 bridgehead atoms. The summed E-state index contributed by atoms with van der Waals surface area (Å²) >= 11 is 0. The lowest BCUT2D eigenvalue weighted by atomic mass is 9.92. The smallest absolute Gasteiger partial charge is 0.416 e. The van der Waals surface area contributed by atoms with Crippen molar-refractivity contribution >= 4 is 5.97 Å². The minimum Gasteiger partial charge on any atom is -0.496 e. The Bertz CT molecular complexity index is 2230. The number of carbonyl (C=O) groups excluding carboxylic acids is 1. The van der Waals surface area contributed by atoms with Gasteiger partial charge in [-0.25, -0.2) is 14.7 Å². The van der Waals surface area contributed by atoms with Crippen LogP contribution in [0.4, 0.5) is 39.5 Å². The highest BCUT2D eigenvalue weighted by molar-refractivity contribution is 5.88. The van der Waals surface area contributed by atoms with Crippen molar-refractivity contribution in [2.45, 2.75) is 64.1 Å². The number of methoxy groups -OCH3 is 1. The van der Waals surface area contributed by atoms with Crippen LogP contribution in [-0.4, -0.2) is 40.5 Å². The Kier molecular flexibility index (Phi) is 11.4. The SMILES string of the molecule is COc1ccc(-c2ccc(C(=O)OCc3ccccc3)nc2C)cc1-c1ccc(C(F)(F)F)cc1CN1C(O)O[C@H](c2cc(C(F)(F)F)cc(C(F)(F)F)c2)[C@@H]1C. The van der Waals surface area contributed by atoms with Gasteiger partial charge in [0.1, 0.15) is 24.2 Å². The zero-order valence-electron chi connectivity index (χ0n) is 30.3. The molecule has 5 aromatic rings. The summed E-state index contributed by atoms with van der Waals surface area (Å²) < 4.78 is 141. The van der Waals surface area contributed by atoms with Gasteiger partial charge < -0.3 is 19.3 Å². The molecule has 4 aromatic carbocycles. The third-order valence-corrected chi connectivity index (χ3v) is 9.55. The van der Waals surface area contributed by atoms with E-state index in [0.29, 0.717) is 34.5 Å². The largest absolute Gasteiger partial charge is 0.496 e. The van der Waals surface area contributed by atoms with E-state index in [4.69, 9.17) is 14.2 Å². The third-order valence-electron chi connectivity index (χ3n) is 9.55. The van der Waals surface area contributed by atoms with E-state index in [1.54, 1.807) is 55.5 Å². The highest BCUT2D eigenvalue weighted by atomic mass is 19.4. The molecule has 300 valence electrons. The molecule has 1 fully saturated rings. The Hall–Kier alpha value is -5.45. The molecule has 0 aliphatic carbocycles. The monoisotopic (exact) mass is 804 g/mol. The second kappa shape index (κ2) is 15.8. The predicted octanol–water partition coefficient (Wildman–Crippen LogP) is 10.4. The van der Waals surface area contributed by atoms with Gasteiger partial charge in [-0.2, -0.15) is 39.5 Å². The van der Waals surface area contributed by atoms with Crippen LogP contribution < -0.4 is 4.74 Å². The first-order chi connectivity index (χ1) is 26.7. The number of alkyl halides is 9. The zero-order valence-corrected chi connectivity index (χ0v) is 30.3.